The van der Waals surface area contributed by atoms with E-state index in [2.05, 4.69) is 21.5 Å². The second-order valence-electron chi connectivity index (χ2n) is 9.15. The second kappa shape index (κ2) is 8.65. The van der Waals surface area contributed by atoms with Crippen LogP contribution in [0.3, 0.4) is 0 Å². The number of pyridine rings is 1. The highest BCUT2D eigenvalue weighted by molar-refractivity contribution is 7.92. The van der Waals surface area contributed by atoms with Crippen LogP contribution in [-0.2, 0) is 14.6 Å². The zero-order valence-electron chi connectivity index (χ0n) is 18.8. The van der Waals surface area contributed by atoms with Gasteiger partial charge in [0.25, 0.3) is 5.56 Å². The van der Waals surface area contributed by atoms with Gasteiger partial charge < -0.3 is 15.0 Å². The smallest absolute Gasteiger partial charge is 0.261 e. The molecular weight excluding hydrogens is 442 g/mol. The van der Waals surface area contributed by atoms with Crippen molar-refractivity contribution >= 4 is 32.2 Å². The fraction of sp³-hybridized carbons (Fsp3) is 0.435. The zero-order chi connectivity index (χ0) is 23.8. The second-order valence-corrected chi connectivity index (χ2v) is 11.8. The van der Waals surface area contributed by atoms with Crippen LogP contribution in [0.5, 0.6) is 0 Å². The molecule has 1 fully saturated rings. The third-order valence-corrected chi connectivity index (χ3v) is 8.41. The van der Waals surface area contributed by atoms with Gasteiger partial charge >= 0.3 is 0 Å². The van der Waals surface area contributed by atoms with Crippen molar-refractivity contribution in [2.45, 2.75) is 49.3 Å². The molecule has 0 saturated carbocycles. The van der Waals surface area contributed by atoms with Gasteiger partial charge in [0.2, 0.25) is 0 Å². The van der Waals surface area contributed by atoms with E-state index in [1.54, 1.807) is 49.8 Å². The molecule has 0 amide bonds. The molecule has 0 bridgehead atoms. The van der Waals surface area contributed by atoms with E-state index >= 15 is 0 Å². The number of H-pyrrole nitrogens is 1. The Morgan fingerprint density at radius 2 is 1.97 bits per heavy atom. The highest BCUT2D eigenvalue weighted by Crippen LogP contribution is 2.32. The van der Waals surface area contributed by atoms with Crippen molar-refractivity contribution in [2.24, 2.45) is 5.92 Å². The van der Waals surface area contributed by atoms with E-state index in [-0.39, 0.29) is 22.4 Å². The average Bonchev–Trinajstić information content (AvgIpc) is 2.97. The predicted molar refractivity (Wildman–Crippen MR) is 125 cm³/mol. The predicted octanol–water partition coefficient (Wildman–Crippen LogP) is 3.53. The Bertz CT molecular complexity index is 1360. The molecule has 33 heavy (non-hydrogen) atoms. The minimum absolute atomic E-state index is 0.223. The first-order chi connectivity index (χ1) is 15.6. The number of fused-ring (bicyclic) bond motifs is 1. The molecule has 0 unspecified atom stereocenters. The molecule has 10 heteroatoms. The van der Waals surface area contributed by atoms with Gasteiger partial charge in [-0.3, -0.25) is 9.48 Å². The van der Waals surface area contributed by atoms with Gasteiger partial charge in [0, 0.05) is 18.5 Å². The number of ether oxygens (including phenoxy) is 1. The van der Waals surface area contributed by atoms with E-state index in [0.717, 1.165) is 6.42 Å². The van der Waals surface area contributed by atoms with E-state index in [0.29, 0.717) is 42.0 Å². The van der Waals surface area contributed by atoms with Crippen LogP contribution >= 0.6 is 0 Å². The van der Waals surface area contributed by atoms with Crippen molar-refractivity contribution < 1.29 is 13.2 Å². The molecule has 3 aromatic rings. The number of sulfone groups is 1. The molecule has 0 aliphatic carbocycles. The van der Waals surface area contributed by atoms with Crippen molar-refractivity contribution in [1.29, 1.82) is 5.26 Å². The van der Waals surface area contributed by atoms with Crippen LogP contribution in [0.25, 0.3) is 10.9 Å². The Hall–Kier alpha value is -3.16. The van der Waals surface area contributed by atoms with E-state index in [4.69, 9.17) is 4.74 Å². The van der Waals surface area contributed by atoms with Crippen molar-refractivity contribution in [3.05, 3.63) is 46.9 Å². The number of nitriles is 1. The van der Waals surface area contributed by atoms with Crippen LogP contribution in [0.2, 0.25) is 0 Å². The summed E-state index contributed by atoms with van der Waals surface area (Å²) in [6, 6.07) is 10.2. The minimum atomic E-state index is -3.48. The Morgan fingerprint density at radius 1 is 1.24 bits per heavy atom. The topological polar surface area (TPSA) is 130 Å². The molecule has 0 spiro atoms. The first-order valence-electron chi connectivity index (χ1n) is 10.8. The van der Waals surface area contributed by atoms with Gasteiger partial charge in [0.15, 0.2) is 15.7 Å². The summed E-state index contributed by atoms with van der Waals surface area (Å²) in [5.74, 6) is 0.0452. The molecular formula is C23H27N5O4S. The van der Waals surface area contributed by atoms with E-state index in [9.17, 15) is 18.5 Å². The third kappa shape index (κ3) is 4.26. The van der Waals surface area contributed by atoms with Crippen LogP contribution in [0.1, 0.15) is 39.7 Å². The third-order valence-electron chi connectivity index (χ3n) is 5.90. The standard InChI is InChI=1S/C23H27N5O4S/c1-23(2,3)33(30,31)17-8-6-16(7-9-17)26-21-20-18(10-11-25-22(20)29)28(27-21)19-14-32-12-4-5-15(19)13-24/h6-11,15,19H,4-5,12,14H2,1-3H3,(H,25,29)(H,26,27)/t15-,19-/m0/s1. The first kappa shape index (κ1) is 23.0. The molecule has 3 heterocycles. The van der Waals surface area contributed by atoms with Gasteiger partial charge in [-0.2, -0.15) is 10.4 Å². The highest BCUT2D eigenvalue weighted by atomic mass is 32.2. The van der Waals surface area contributed by atoms with Crippen LogP contribution in [-0.4, -0.2) is 41.1 Å². The molecule has 1 aliphatic rings. The largest absolute Gasteiger partial charge is 0.379 e. The summed E-state index contributed by atoms with van der Waals surface area (Å²) in [5, 5.41) is 17.8. The Labute approximate surface area is 192 Å². The molecule has 1 saturated heterocycles. The van der Waals surface area contributed by atoms with E-state index < -0.39 is 14.6 Å². The summed E-state index contributed by atoms with van der Waals surface area (Å²) >= 11 is 0. The van der Waals surface area contributed by atoms with E-state index in [1.165, 1.54) is 12.1 Å². The molecule has 0 radical (unpaired) electrons. The number of nitrogens with zero attached hydrogens (tertiary/aromatic N) is 3. The lowest BCUT2D eigenvalue weighted by Crippen LogP contribution is -2.27. The Kier molecular flexibility index (Phi) is 6.03. The molecule has 9 nitrogen and oxygen atoms in total. The summed E-state index contributed by atoms with van der Waals surface area (Å²) in [6.45, 7) is 5.89. The summed E-state index contributed by atoms with van der Waals surface area (Å²) in [4.78, 5) is 15.6. The maximum Gasteiger partial charge on any atom is 0.261 e. The number of aromatic nitrogens is 3. The molecule has 1 aliphatic heterocycles. The maximum absolute atomic E-state index is 12.7. The lowest BCUT2D eigenvalue weighted by molar-refractivity contribution is 0.110. The molecule has 4 rings (SSSR count). The summed E-state index contributed by atoms with van der Waals surface area (Å²) in [6.07, 6.45) is 3.04. The highest BCUT2D eigenvalue weighted by Gasteiger charge is 2.31. The lowest BCUT2D eigenvalue weighted by Gasteiger charge is -2.20. The Morgan fingerprint density at radius 3 is 2.64 bits per heavy atom. The average molecular weight is 470 g/mol. The van der Waals surface area contributed by atoms with Crippen LogP contribution in [0.4, 0.5) is 11.5 Å². The number of aromatic amines is 1. The molecule has 174 valence electrons. The zero-order valence-corrected chi connectivity index (χ0v) is 19.6. The van der Waals surface area contributed by atoms with Crippen molar-refractivity contribution in [2.75, 3.05) is 18.5 Å². The van der Waals surface area contributed by atoms with Crippen LogP contribution in [0.15, 0.2) is 46.2 Å². The number of benzene rings is 1. The van der Waals surface area contributed by atoms with Gasteiger partial charge in [0.1, 0.15) is 5.39 Å². The van der Waals surface area contributed by atoms with Gasteiger partial charge in [-0.25, -0.2) is 8.42 Å². The number of anilines is 2. The van der Waals surface area contributed by atoms with Crippen molar-refractivity contribution in [1.82, 2.24) is 14.8 Å². The minimum Gasteiger partial charge on any atom is -0.379 e. The number of hydrogen-bond donors (Lipinski definition) is 2. The Balaban J connectivity index is 1.74. The SMILES string of the molecule is CC(C)(C)S(=O)(=O)c1ccc(Nc2nn([C@H]3COCCC[C@H]3C#N)c3cc[nH]c(=O)c23)cc1. The fourth-order valence-electron chi connectivity index (χ4n) is 3.96. The van der Waals surface area contributed by atoms with E-state index in [1.807, 2.05) is 0 Å². The van der Waals surface area contributed by atoms with Crippen LogP contribution in [0, 0.1) is 17.2 Å². The summed E-state index contributed by atoms with van der Waals surface area (Å²) in [7, 11) is -3.48. The van der Waals surface area contributed by atoms with Crippen molar-refractivity contribution in [3.8, 4) is 6.07 Å². The first-order valence-corrected chi connectivity index (χ1v) is 12.3. The number of nitrogens with one attached hydrogen (secondary N) is 2. The number of rotatable bonds is 4. The van der Waals surface area contributed by atoms with Gasteiger partial charge in [0.05, 0.1) is 39.8 Å². The molecule has 2 N–H and O–H groups in total. The molecule has 2 aromatic heterocycles. The summed E-state index contributed by atoms with van der Waals surface area (Å²) < 4.78 is 31.9. The normalized spacial score (nSPS) is 19.7. The monoisotopic (exact) mass is 469 g/mol. The quantitative estimate of drug-likeness (QED) is 0.598. The molecule has 2 atom stereocenters. The van der Waals surface area contributed by atoms with Crippen LogP contribution < -0.4 is 10.9 Å². The fourth-order valence-corrected chi connectivity index (χ4v) is 5.16. The van der Waals surface area contributed by atoms with Gasteiger partial charge in [-0.05, 0) is 63.9 Å². The maximum atomic E-state index is 12.7. The van der Waals surface area contributed by atoms with Crippen molar-refractivity contribution in [3.63, 3.8) is 0 Å². The lowest BCUT2D eigenvalue weighted by atomic mass is 9.97. The number of hydrogen-bond acceptors (Lipinski definition) is 7. The van der Waals surface area contributed by atoms with Gasteiger partial charge in [-0.15, -0.1) is 0 Å². The molecule has 1 aromatic carbocycles. The summed E-state index contributed by atoms with van der Waals surface area (Å²) in [5.41, 5.74) is 0.881. The van der Waals surface area contributed by atoms with Gasteiger partial charge in [-0.1, -0.05) is 0 Å².